The topological polar surface area (TPSA) is 34.1 Å². The summed E-state index contributed by atoms with van der Waals surface area (Å²) >= 11 is 0. The highest BCUT2D eigenvalue weighted by Gasteiger charge is 2.40. The molecule has 15 heavy (non-hydrogen) atoms. The van der Waals surface area contributed by atoms with Gasteiger partial charge in [-0.15, -0.1) is 0 Å². The Bertz CT molecular complexity index is 334. The van der Waals surface area contributed by atoms with E-state index >= 15 is 0 Å². The van der Waals surface area contributed by atoms with Crippen molar-refractivity contribution in [1.29, 1.82) is 0 Å². The zero-order valence-electron chi connectivity index (χ0n) is 9.42. The number of hydrogen-bond donors (Lipinski definition) is 1. The molecule has 1 aliphatic rings. The maximum atomic E-state index is 5.08. The summed E-state index contributed by atoms with van der Waals surface area (Å²) in [5.74, 6) is 1.58. The van der Waals surface area contributed by atoms with Crippen molar-refractivity contribution in [3.05, 3.63) is 18.2 Å². The number of methoxy groups -OCH3 is 1. The molecule has 1 aliphatic carbocycles. The van der Waals surface area contributed by atoms with E-state index in [1.165, 1.54) is 19.3 Å². The summed E-state index contributed by atoms with van der Waals surface area (Å²) in [7, 11) is 1.64. The van der Waals surface area contributed by atoms with Gasteiger partial charge in [0.2, 0.25) is 5.88 Å². The first kappa shape index (κ1) is 10.3. The van der Waals surface area contributed by atoms with Crippen LogP contribution in [0.3, 0.4) is 0 Å². The smallest absolute Gasteiger partial charge is 0.214 e. The van der Waals surface area contributed by atoms with Crippen LogP contribution in [-0.2, 0) is 0 Å². The van der Waals surface area contributed by atoms with Crippen LogP contribution in [0.5, 0.6) is 5.88 Å². The Balaban J connectivity index is 1.93. The fraction of sp³-hybridized carbons (Fsp3) is 0.583. The van der Waals surface area contributed by atoms with Gasteiger partial charge in [0.15, 0.2) is 0 Å². The molecule has 0 bridgehead atoms. The predicted octanol–water partition coefficient (Wildman–Crippen LogP) is 2.69. The fourth-order valence-electron chi connectivity index (χ4n) is 1.74. The van der Waals surface area contributed by atoms with E-state index in [-0.39, 0.29) is 0 Å². The van der Waals surface area contributed by atoms with E-state index in [0.29, 0.717) is 11.3 Å². The Hall–Kier alpha value is -1.25. The minimum Gasteiger partial charge on any atom is -0.481 e. The molecule has 3 nitrogen and oxygen atoms in total. The average Bonchev–Trinajstić information content (AvgIpc) is 3.07. The lowest BCUT2D eigenvalue weighted by atomic mass is 10.0. The Morgan fingerprint density at radius 1 is 1.47 bits per heavy atom. The van der Waals surface area contributed by atoms with E-state index in [4.69, 9.17) is 4.74 Å². The highest BCUT2D eigenvalue weighted by Crippen LogP contribution is 2.48. The minimum atomic E-state index is 0.546. The van der Waals surface area contributed by atoms with Crippen molar-refractivity contribution in [2.24, 2.45) is 5.41 Å². The van der Waals surface area contributed by atoms with Crippen LogP contribution in [0.1, 0.15) is 26.2 Å². The number of aromatic nitrogens is 1. The monoisotopic (exact) mass is 206 g/mol. The van der Waals surface area contributed by atoms with Gasteiger partial charge in [-0.25, -0.2) is 0 Å². The summed E-state index contributed by atoms with van der Waals surface area (Å²) in [6.45, 7) is 3.29. The van der Waals surface area contributed by atoms with E-state index in [0.717, 1.165) is 12.4 Å². The number of pyridine rings is 1. The lowest BCUT2D eigenvalue weighted by Crippen LogP contribution is -2.15. The molecule has 0 unspecified atom stereocenters. The van der Waals surface area contributed by atoms with Crippen molar-refractivity contribution in [1.82, 2.24) is 4.98 Å². The number of rotatable bonds is 5. The van der Waals surface area contributed by atoms with Gasteiger partial charge in [-0.1, -0.05) is 13.0 Å². The summed E-state index contributed by atoms with van der Waals surface area (Å²) in [6.07, 6.45) is 3.95. The third-order valence-electron chi connectivity index (χ3n) is 3.28. The van der Waals surface area contributed by atoms with Crippen LogP contribution in [0.25, 0.3) is 0 Å². The lowest BCUT2D eigenvalue weighted by Gasteiger charge is -2.14. The number of nitrogens with zero attached hydrogens (tertiary/aromatic N) is 1. The summed E-state index contributed by atoms with van der Waals surface area (Å²) in [4.78, 5) is 4.32. The highest BCUT2D eigenvalue weighted by atomic mass is 16.5. The summed E-state index contributed by atoms with van der Waals surface area (Å²) < 4.78 is 5.08. The van der Waals surface area contributed by atoms with Gasteiger partial charge in [0.05, 0.1) is 7.11 Å². The molecule has 2 rings (SSSR count). The van der Waals surface area contributed by atoms with Crippen molar-refractivity contribution < 1.29 is 4.74 Å². The Kier molecular flexibility index (Phi) is 2.80. The van der Waals surface area contributed by atoms with Crippen molar-refractivity contribution in [3.8, 4) is 5.88 Å². The SMILES string of the molecule is CCC1(CNc2cccc(OC)n2)CC1. The molecule has 1 N–H and O–H groups in total. The van der Waals surface area contributed by atoms with Crippen LogP contribution < -0.4 is 10.1 Å². The normalized spacial score (nSPS) is 17.2. The molecule has 0 amide bonds. The van der Waals surface area contributed by atoms with Gasteiger partial charge in [-0.3, -0.25) is 0 Å². The standard InChI is InChI=1S/C12H18N2O/c1-3-12(7-8-12)9-13-10-5-4-6-11(14-10)15-2/h4-6H,3,7-9H2,1-2H3,(H,13,14). The number of ether oxygens (including phenoxy) is 1. The van der Waals surface area contributed by atoms with Crippen molar-refractivity contribution in [2.45, 2.75) is 26.2 Å². The molecular weight excluding hydrogens is 188 g/mol. The van der Waals surface area contributed by atoms with Gasteiger partial charge in [-0.2, -0.15) is 4.98 Å². The molecule has 1 saturated carbocycles. The van der Waals surface area contributed by atoms with Gasteiger partial charge in [-0.05, 0) is 30.7 Å². The Labute approximate surface area is 90.9 Å². The lowest BCUT2D eigenvalue weighted by molar-refractivity contribution is 0.398. The van der Waals surface area contributed by atoms with Crippen LogP contribution >= 0.6 is 0 Å². The molecule has 0 aromatic carbocycles. The van der Waals surface area contributed by atoms with Gasteiger partial charge < -0.3 is 10.1 Å². The first-order valence-electron chi connectivity index (χ1n) is 5.53. The average molecular weight is 206 g/mol. The molecule has 0 spiro atoms. The largest absolute Gasteiger partial charge is 0.481 e. The minimum absolute atomic E-state index is 0.546. The molecule has 82 valence electrons. The molecule has 0 saturated heterocycles. The van der Waals surface area contributed by atoms with Gasteiger partial charge in [0.1, 0.15) is 5.82 Å². The van der Waals surface area contributed by atoms with Gasteiger partial charge in [0, 0.05) is 12.6 Å². The highest BCUT2D eigenvalue weighted by molar-refractivity contribution is 5.37. The van der Waals surface area contributed by atoms with Crippen LogP contribution in [0.2, 0.25) is 0 Å². The molecule has 1 heterocycles. The van der Waals surface area contributed by atoms with E-state index in [9.17, 15) is 0 Å². The first-order valence-corrected chi connectivity index (χ1v) is 5.53. The second kappa shape index (κ2) is 4.09. The zero-order valence-corrected chi connectivity index (χ0v) is 9.42. The van der Waals surface area contributed by atoms with Crippen molar-refractivity contribution in [3.63, 3.8) is 0 Å². The quantitative estimate of drug-likeness (QED) is 0.804. The van der Waals surface area contributed by atoms with Crippen LogP contribution in [0.4, 0.5) is 5.82 Å². The fourth-order valence-corrected chi connectivity index (χ4v) is 1.74. The molecule has 1 aromatic heterocycles. The Morgan fingerprint density at radius 3 is 2.87 bits per heavy atom. The third-order valence-corrected chi connectivity index (χ3v) is 3.28. The first-order chi connectivity index (χ1) is 7.28. The van der Waals surface area contributed by atoms with Gasteiger partial charge in [0.25, 0.3) is 0 Å². The maximum absolute atomic E-state index is 5.08. The van der Waals surface area contributed by atoms with Crippen molar-refractivity contribution in [2.75, 3.05) is 19.0 Å². The summed E-state index contributed by atoms with van der Waals surface area (Å²) in [5.41, 5.74) is 0.546. The molecule has 0 atom stereocenters. The number of anilines is 1. The van der Waals surface area contributed by atoms with E-state index in [2.05, 4.69) is 17.2 Å². The van der Waals surface area contributed by atoms with Crippen LogP contribution in [0.15, 0.2) is 18.2 Å². The van der Waals surface area contributed by atoms with E-state index < -0.39 is 0 Å². The van der Waals surface area contributed by atoms with Crippen LogP contribution in [-0.4, -0.2) is 18.6 Å². The zero-order chi connectivity index (χ0) is 10.7. The second-order valence-electron chi connectivity index (χ2n) is 4.27. The molecular formula is C12H18N2O. The summed E-state index contributed by atoms with van der Waals surface area (Å²) in [5, 5.41) is 3.38. The number of hydrogen-bond acceptors (Lipinski definition) is 3. The molecule has 1 fully saturated rings. The number of nitrogens with one attached hydrogen (secondary N) is 1. The third kappa shape index (κ3) is 2.41. The molecule has 0 aliphatic heterocycles. The van der Waals surface area contributed by atoms with E-state index in [1.807, 2.05) is 18.2 Å². The van der Waals surface area contributed by atoms with E-state index in [1.54, 1.807) is 7.11 Å². The maximum Gasteiger partial charge on any atom is 0.214 e. The Morgan fingerprint density at radius 2 is 2.27 bits per heavy atom. The van der Waals surface area contributed by atoms with Crippen LogP contribution in [0, 0.1) is 5.41 Å². The van der Waals surface area contributed by atoms with Crippen molar-refractivity contribution >= 4 is 5.82 Å². The van der Waals surface area contributed by atoms with Gasteiger partial charge >= 0.3 is 0 Å². The summed E-state index contributed by atoms with van der Waals surface area (Å²) in [6, 6.07) is 5.80. The molecule has 3 heteroatoms. The predicted molar refractivity (Wildman–Crippen MR) is 61.2 cm³/mol. The second-order valence-corrected chi connectivity index (χ2v) is 4.27. The molecule has 1 aromatic rings. The molecule has 0 radical (unpaired) electrons.